The Labute approximate surface area is 160 Å². The molecule has 0 aliphatic heterocycles. The van der Waals surface area contributed by atoms with Crippen LogP contribution in [0.15, 0.2) is 47.4 Å². The van der Waals surface area contributed by atoms with Crippen molar-refractivity contribution >= 4 is 27.1 Å². The zero-order chi connectivity index (χ0) is 20.9. The molecule has 0 bridgehead atoms. The van der Waals surface area contributed by atoms with Crippen molar-refractivity contribution in [2.75, 3.05) is 18.4 Å². The topological polar surface area (TPSA) is 102 Å². The molecule has 0 saturated heterocycles. The van der Waals surface area contributed by atoms with Crippen molar-refractivity contribution in [1.82, 2.24) is 4.31 Å². The molecule has 0 aliphatic carbocycles. The summed E-state index contributed by atoms with van der Waals surface area (Å²) in [6, 6.07) is 8.92. The minimum Gasteiger partial charge on any atom is -0.435 e. The molecule has 2 rings (SSSR count). The van der Waals surface area contributed by atoms with Crippen LogP contribution in [0.3, 0.4) is 0 Å². The van der Waals surface area contributed by atoms with Gasteiger partial charge in [0.05, 0.1) is 9.82 Å². The first-order chi connectivity index (χ1) is 13.2. The van der Waals surface area contributed by atoms with Gasteiger partial charge in [-0.3, -0.25) is 10.1 Å². The highest BCUT2D eigenvalue weighted by atomic mass is 32.2. The Bertz CT molecular complexity index is 932. The fourth-order valence-corrected chi connectivity index (χ4v) is 4.00. The second-order valence-corrected chi connectivity index (χ2v) is 7.49. The quantitative estimate of drug-likeness (QED) is 0.491. The summed E-state index contributed by atoms with van der Waals surface area (Å²) in [5, 5.41) is 14.2. The van der Waals surface area contributed by atoms with Crippen LogP contribution in [0.5, 0.6) is 5.75 Å². The highest BCUT2D eigenvalue weighted by Crippen LogP contribution is 2.31. The number of hydrogen-bond acceptors (Lipinski definition) is 6. The van der Waals surface area contributed by atoms with Crippen LogP contribution in [0, 0.1) is 10.1 Å². The Kier molecular flexibility index (Phi) is 6.86. The number of sulfonamides is 1. The van der Waals surface area contributed by atoms with Gasteiger partial charge in [-0.25, -0.2) is 8.42 Å². The first-order valence-electron chi connectivity index (χ1n) is 8.29. The minimum atomic E-state index is -3.85. The Balaban J connectivity index is 2.34. The van der Waals surface area contributed by atoms with Crippen LogP contribution >= 0.6 is 0 Å². The van der Waals surface area contributed by atoms with E-state index in [2.05, 4.69) is 10.1 Å². The lowest BCUT2D eigenvalue weighted by atomic mass is 10.2. The van der Waals surface area contributed by atoms with Gasteiger partial charge in [-0.1, -0.05) is 13.8 Å². The fourth-order valence-electron chi connectivity index (χ4n) is 2.52. The third-order valence-electron chi connectivity index (χ3n) is 3.87. The van der Waals surface area contributed by atoms with Crippen molar-refractivity contribution in [2.24, 2.45) is 0 Å². The molecule has 0 fully saturated rings. The summed E-state index contributed by atoms with van der Waals surface area (Å²) in [6.45, 7) is 0.860. The molecule has 28 heavy (non-hydrogen) atoms. The molecule has 0 spiro atoms. The summed E-state index contributed by atoms with van der Waals surface area (Å²) >= 11 is 0. The number of nitrogens with one attached hydrogen (secondary N) is 1. The van der Waals surface area contributed by atoms with E-state index in [9.17, 15) is 27.3 Å². The van der Waals surface area contributed by atoms with Crippen molar-refractivity contribution in [3.8, 4) is 5.75 Å². The maximum atomic E-state index is 12.6. The zero-order valence-corrected chi connectivity index (χ0v) is 15.9. The first kappa shape index (κ1) is 21.5. The van der Waals surface area contributed by atoms with Gasteiger partial charge in [-0.2, -0.15) is 13.1 Å². The summed E-state index contributed by atoms with van der Waals surface area (Å²) in [7, 11) is -3.85. The van der Waals surface area contributed by atoms with Crippen LogP contribution in [0.4, 0.5) is 25.8 Å². The Morgan fingerprint density at radius 2 is 1.75 bits per heavy atom. The lowest BCUT2D eigenvalue weighted by Gasteiger charge is -2.18. The van der Waals surface area contributed by atoms with Crippen LogP contribution < -0.4 is 10.1 Å². The molecule has 11 heteroatoms. The summed E-state index contributed by atoms with van der Waals surface area (Å²) in [5.41, 5.74) is 0.0104. The number of hydrogen-bond donors (Lipinski definition) is 1. The normalized spacial score (nSPS) is 11.6. The number of ether oxygens (including phenoxy) is 1. The number of nitro groups is 1. The molecule has 2 aromatic carbocycles. The summed E-state index contributed by atoms with van der Waals surface area (Å²) < 4.78 is 55.0. The Morgan fingerprint density at radius 1 is 1.14 bits per heavy atom. The highest BCUT2D eigenvalue weighted by molar-refractivity contribution is 7.89. The van der Waals surface area contributed by atoms with Gasteiger partial charge in [0.1, 0.15) is 11.4 Å². The fraction of sp³-hybridized carbons (Fsp3) is 0.294. The SMILES string of the molecule is CCN(CC)S(=O)(=O)c1ccc(Nc2ccc(OC(F)F)cc2)c([N+](=O)[O-])c1. The van der Waals surface area contributed by atoms with Gasteiger partial charge < -0.3 is 10.1 Å². The van der Waals surface area contributed by atoms with E-state index in [4.69, 9.17) is 0 Å². The van der Waals surface area contributed by atoms with Crippen LogP contribution in [-0.4, -0.2) is 37.3 Å². The molecular weight excluding hydrogens is 396 g/mol. The van der Waals surface area contributed by atoms with Gasteiger partial charge in [0, 0.05) is 24.8 Å². The Morgan fingerprint density at radius 3 is 2.25 bits per heavy atom. The van der Waals surface area contributed by atoms with Crippen LogP contribution in [0.1, 0.15) is 13.8 Å². The molecule has 8 nitrogen and oxygen atoms in total. The standard InChI is InChI=1S/C17H19F2N3O5S/c1-3-21(4-2)28(25,26)14-9-10-15(16(11-14)22(23)24)20-12-5-7-13(8-6-12)27-17(18)19/h5-11,17,20H,3-4H2,1-2H3. The Hall–Kier alpha value is -2.79. The second-order valence-electron chi connectivity index (χ2n) is 5.55. The van der Waals surface area contributed by atoms with Gasteiger partial charge in [-0.05, 0) is 36.4 Å². The highest BCUT2D eigenvalue weighted by Gasteiger charge is 2.25. The molecule has 0 saturated carbocycles. The van der Waals surface area contributed by atoms with Crippen molar-refractivity contribution < 1.29 is 26.9 Å². The number of nitrogens with zero attached hydrogens (tertiary/aromatic N) is 2. The van der Waals surface area contributed by atoms with Gasteiger partial charge in [0.15, 0.2) is 0 Å². The van der Waals surface area contributed by atoms with E-state index in [-0.39, 0.29) is 29.4 Å². The van der Waals surface area contributed by atoms with Crippen molar-refractivity contribution in [2.45, 2.75) is 25.4 Å². The number of halogens is 2. The molecule has 2 aromatic rings. The monoisotopic (exact) mass is 415 g/mol. The van der Waals surface area contributed by atoms with Gasteiger partial charge >= 0.3 is 6.61 Å². The predicted molar refractivity (Wildman–Crippen MR) is 99.6 cm³/mol. The summed E-state index contributed by atoms with van der Waals surface area (Å²) in [5.74, 6) is -0.0595. The maximum Gasteiger partial charge on any atom is 0.387 e. The number of rotatable bonds is 9. The van der Waals surface area contributed by atoms with Crippen LogP contribution in [0.25, 0.3) is 0 Å². The van der Waals surface area contributed by atoms with E-state index >= 15 is 0 Å². The van der Waals surface area contributed by atoms with E-state index in [1.165, 1.54) is 40.7 Å². The van der Waals surface area contributed by atoms with Gasteiger partial charge in [0.25, 0.3) is 5.69 Å². The molecule has 0 aromatic heterocycles. The van der Waals surface area contributed by atoms with Gasteiger partial charge in [-0.15, -0.1) is 0 Å². The molecule has 0 unspecified atom stereocenters. The lowest BCUT2D eigenvalue weighted by molar-refractivity contribution is -0.384. The smallest absolute Gasteiger partial charge is 0.387 e. The second kappa shape index (κ2) is 8.93. The van der Waals surface area contributed by atoms with Gasteiger partial charge in [0.2, 0.25) is 10.0 Å². The van der Waals surface area contributed by atoms with E-state index in [0.717, 1.165) is 6.07 Å². The summed E-state index contributed by atoms with van der Waals surface area (Å²) in [6.07, 6.45) is 0. The van der Waals surface area contributed by atoms with Crippen molar-refractivity contribution in [1.29, 1.82) is 0 Å². The van der Waals surface area contributed by atoms with E-state index in [1.807, 2.05) is 0 Å². The van der Waals surface area contributed by atoms with E-state index in [1.54, 1.807) is 13.8 Å². The minimum absolute atomic E-state index is 0.0595. The van der Waals surface area contributed by atoms with Crippen molar-refractivity contribution in [3.63, 3.8) is 0 Å². The number of benzene rings is 2. The number of anilines is 2. The van der Waals surface area contributed by atoms with E-state index < -0.39 is 27.2 Å². The molecule has 0 atom stereocenters. The number of alkyl halides is 2. The third-order valence-corrected chi connectivity index (χ3v) is 5.91. The van der Waals surface area contributed by atoms with Crippen LogP contribution in [0.2, 0.25) is 0 Å². The molecular formula is C17H19F2N3O5S. The molecule has 1 N–H and O–H groups in total. The summed E-state index contributed by atoms with van der Waals surface area (Å²) in [4.78, 5) is 10.5. The molecule has 0 heterocycles. The third kappa shape index (κ3) is 4.93. The predicted octanol–water partition coefficient (Wildman–Crippen LogP) is 3.97. The lowest BCUT2D eigenvalue weighted by Crippen LogP contribution is -2.30. The van der Waals surface area contributed by atoms with Crippen LogP contribution in [-0.2, 0) is 10.0 Å². The molecule has 0 aliphatic rings. The zero-order valence-electron chi connectivity index (χ0n) is 15.1. The van der Waals surface area contributed by atoms with Crippen molar-refractivity contribution in [3.05, 3.63) is 52.6 Å². The number of nitro benzene ring substituents is 1. The average molecular weight is 415 g/mol. The average Bonchev–Trinajstić information content (AvgIpc) is 2.63. The largest absolute Gasteiger partial charge is 0.435 e. The first-order valence-corrected chi connectivity index (χ1v) is 9.73. The molecule has 0 amide bonds. The maximum absolute atomic E-state index is 12.6. The molecule has 152 valence electrons. The molecule has 0 radical (unpaired) electrons. The van der Waals surface area contributed by atoms with E-state index in [0.29, 0.717) is 5.69 Å².